The molecule has 100 valence electrons. The molecule has 3 N–H and O–H groups in total. The molecule has 0 aliphatic heterocycles. The highest BCUT2D eigenvalue weighted by atomic mass is 35.5. The second kappa shape index (κ2) is 6.09. The van der Waals surface area contributed by atoms with Crippen LogP contribution in [-0.4, -0.2) is 6.54 Å². The van der Waals surface area contributed by atoms with Crippen LogP contribution in [0.2, 0.25) is 5.02 Å². The van der Waals surface area contributed by atoms with Gasteiger partial charge in [-0.15, -0.1) is 0 Å². The van der Waals surface area contributed by atoms with E-state index in [9.17, 15) is 0 Å². The van der Waals surface area contributed by atoms with Crippen molar-refractivity contribution in [3.8, 4) is 0 Å². The first-order valence-electron chi connectivity index (χ1n) is 6.39. The lowest BCUT2D eigenvalue weighted by Crippen LogP contribution is -2.21. The topological polar surface area (TPSA) is 38.0 Å². The summed E-state index contributed by atoms with van der Waals surface area (Å²) in [5.41, 5.74) is 10.5. The first-order valence-corrected chi connectivity index (χ1v) is 6.77. The van der Waals surface area contributed by atoms with Gasteiger partial charge in [-0.1, -0.05) is 47.5 Å². The third-order valence-corrected chi connectivity index (χ3v) is 3.44. The Morgan fingerprint density at radius 3 is 2.63 bits per heavy atom. The SMILES string of the molecule is Cc1cccc(C(CN)Nc2cc(Cl)ccc2C)c1. The molecule has 1 unspecified atom stereocenters. The van der Waals surface area contributed by atoms with Crippen molar-refractivity contribution in [3.63, 3.8) is 0 Å². The summed E-state index contributed by atoms with van der Waals surface area (Å²) >= 11 is 6.04. The minimum absolute atomic E-state index is 0.0945. The Balaban J connectivity index is 2.26. The average Bonchev–Trinajstić information content (AvgIpc) is 2.39. The fourth-order valence-electron chi connectivity index (χ4n) is 2.10. The van der Waals surface area contributed by atoms with Crippen LogP contribution >= 0.6 is 11.6 Å². The molecule has 0 aliphatic rings. The van der Waals surface area contributed by atoms with E-state index in [0.29, 0.717) is 6.54 Å². The number of nitrogens with two attached hydrogens (primary N) is 1. The van der Waals surface area contributed by atoms with Gasteiger partial charge < -0.3 is 11.1 Å². The minimum atomic E-state index is 0.0945. The summed E-state index contributed by atoms with van der Waals surface area (Å²) in [5, 5.41) is 4.20. The van der Waals surface area contributed by atoms with Gasteiger partial charge in [0, 0.05) is 17.3 Å². The molecule has 2 aromatic carbocycles. The number of hydrogen-bond donors (Lipinski definition) is 2. The Morgan fingerprint density at radius 2 is 1.95 bits per heavy atom. The molecular weight excluding hydrogens is 256 g/mol. The van der Waals surface area contributed by atoms with Crippen molar-refractivity contribution >= 4 is 17.3 Å². The Labute approximate surface area is 119 Å². The third kappa shape index (κ3) is 3.49. The highest BCUT2D eigenvalue weighted by molar-refractivity contribution is 6.30. The maximum absolute atomic E-state index is 6.04. The molecule has 0 spiro atoms. The molecule has 0 bridgehead atoms. The molecule has 0 amide bonds. The molecule has 2 rings (SSSR count). The minimum Gasteiger partial charge on any atom is -0.377 e. The van der Waals surface area contributed by atoms with Crippen LogP contribution < -0.4 is 11.1 Å². The van der Waals surface area contributed by atoms with E-state index in [2.05, 4.69) is 43.4 Å². The van der Waals surface area contributed by atoms with E-state index in [4.69, 9.17) is 17.3 Å². The number of halogens is 1. The molecule has 0 fully saturated rings. The second-order valence-electron chi connectivity index (χ2n) is 4.81. The van der Waals surface area contributed by atoms with Crippen LogP contribution in [-0.2, 0) is 0 Å². The van der Waals surface area contributed by atoms with E-state index in [1.807, 2.05) is 18.2 Å². The standard InChI is InChI=1S/C16H19ClN2/c1-11-4-3-5-13(8-11)16(10-18)19-15-9-14(17)7-6-12(15)2/h3-9,16,19H,10,18H2,1-2H3. The normalized spacial score (nSPS) is 12.2. The number of nitrogens with one attached hydrogen (secondary N) is 1. The quantitative estimate of drug-likeness (QED) is 0.882. The Morgan fingerprint density at radius 1 is 1.16 bits per heavy atom. The zero-order chi connectivity index (χ0) is 13.8. The highest BCUT2D eigenvalue weighted by Crippen LogP contribution is 2.25. The summed E-state index contributed by atoms with van der Waals surface area (Å²) in [7, 11) is 0. The van der Waals surface area contributed by atoms with E-state index in [1.165, 1.54) is 11.1 Å². The van der Waals surface area contributed by atoms with Gasteiger partial charge in [0.25, 0.3) is 0 Å². The lowest BCUT2D eigenvalue weighted by Gasteiger charge is -2.20. The smallest absolute Gasteiger partial charge is 0.0636 e. The molecule has 0 radical (unpaired) electrons. The Kier molecular flexibility index (Phi) is 4.46. The molecule has 0 saturated heterocycles. The fourth-order valence-corrected chi connectivity index (χ4v) is 2.27. The third-order valence-electron chi connectivity index (χ3n) is 3.21. The summed E-state index contributed by atoms with van der Waals surface area (Å²) in [6, 6.07) is 14.3. The number of hydrogen-bond acceptors (Lipinski definition) is 2. The first kappa shape index (κ1) is 13.9. The van der Waals surface area contributed by atoms with Gasteiger partial charge in [-0.3, -0.25) is 0 Å². The summed E-state index contributed by atoms with van der Waals surface area (Å²) in [6.45, 7) is 4.68. The number of benzene rings is 2. The summed E-state index contributed by atoms with van der Waals surface area (Å²) < 4.78 is 0. The Bertz CT molecular complexity index is 566. The zero-order valence-electron chi connectivity index (χ0n) is 11.3. The molecule has 1 atom stereocenters. The van der Waals surface area contributed by atoms with Gasteiger partial charge in [0.2, 0.25) is 0 Å². The predicted molar refractivity (Wildman–Crippen MR) is 82.8 cm³/mol. The number of anilines is 1. The average molecular weight is 275 g/mol. The van der Waals surface area contributed by atoms with Gasteiger partial charge in [0.15, 0.2) is 0 Å². The number of aryl methyl sites for hydroxylation is 2. The van der Waals surface area contributed by atoms with E-state index < -0.39 is 0 Å². The van der Waals surface area contributed by atoms with Crippen LogP contribution in [0.4, 0.5) is 5.69 Å². The van der Waals surface area contributed by atoms with E-state index in [-0.39, 0.29) is 6.04 Å². The molecular formula is C16H19ClN2. The zero-order valence-corrected chi connectivity index (χ0v) is 12.0. The van der Waals surface area contributed by atoms with Crippen molar-refractivity contribution in [1.29, 1.82) is 0 Å². The van der Waals surface area contributed by atoms with Crippen LogP contribution in [0.25, 0.3) is 0 Å². The van der Waals surface area contributed by atoms with Crippen molar-refractivity contribution in [1.82, 2.24) is 0 Å². The van der Waals surface area contributed by atoms with Crippen molar-refractivity contribution < 1.29 is 0 Å². The maximum Gasteiger partial charge on any atom is 0.0636 e. The van der Waals surface area contributed by atoms with Gasteiger partial charge in [-0.05, 0) is 37.1 Å². The Hall–Kier alpha value is -1.51. The van der Waals surface area contributed by atoms with Crippen molar-refractivity contribution in [2.45, 2.75) is 19.9 Å². The molecule has 2 nitrogen and oxygen atoms in total. The first-order chi connectivity index (χ1) is 9.10. The number of rotatable bonds is 4. The summed E-state index contributed by atoms with van der Waals surface area (Å²) in [6.07, 6.45) is 0. The summed E-state index contributed by atoms with van der Waals surface area (Å²) in [5.74, 6) is 0. The van der Waals surface area contributed by atoms with Crippen LogP contribution in [0, 0.1) is 13.8 Å². The molecule has 0 heterocycles. The molecule has 2 aromatic rings. The van der Waals surface area contributed by atoms with E-state index in [0.717, 1.165) is 16.3 Å². The van der Waals surface area contributed by atoms with Gasteiger partial charge >= 0.3 is 0 Å². The fraction of sp³-hybridized carbons (Fsp3) is 0.250. The lowest BCUT2D eigenvalue weighted by molar-refractivity contribution is 0.788. The van der Waals surface area contributed by atoms with Crippen molar-refractivity contribution in [3.05, 3.63) is 64.2 Å². The molecule has 0 saturated carbocycles. The summed E-state index contributed by atoms with van der Waals surface area (Å²) in [4.78, 5) is 0. The van der Waals surface area contributed by atoms with Crippen LogP contribution in [0.15, 0.2) is 42.5 Å². The van der Waals surface area contributed by atoms with Gasteiger partial charge in [0.1, 0.15) is 0 Å². The van der Waals surface area contributed by atoms with E-state index in [1.54, 1.807) is 0 Å². The molecule has 0 aliphatic carbocycles. The molecule has 19 heavy (non-hydrogen) atoms. The van der Waals surface area contributed by atoms with E-state index >= 15 is 0 Å². The lowest BCUT2D eigenvalue weighted by atomic mass is 10.0. The van der Waals surface area contributed by atoms with Crippen LogP contribution in [0.1, 0.15) is 22.7 Å². The van der Waals surface area contributed by atoms with Gasteiger partial charge in [0.05, 0.1) is 6.04 Å². The second-order valence-corrected chi connectivity index (χ2v) is 5.24. The van der Waals surface area contributed by atoms with Crippen LogP contribution in [0.3, 0.4) is 0 Å². The molecule has 3 heteroatoms. The van der Waals surface area contributed by atoms with Gasteiger partial charge in [-0.25, -0.2) is 0 Å². The highest BCUT2D eigenvalue weighted by Gasteiger charge is 2.11. The van der Waals surface area contributed by atoms with Crippen LogP contribution in [0.5, 0.6) is 0 Å². The molecule has 0 aromatic heterocycles. The van der Waals surface area contributed by atoms with Crippen molar-refractivity contribution in [2.75, 3.05) is 11.9 Å². The maximum atomic E-state index is 6.04. The monoisotopic (exact) mass is 274 g/mol. The largest absolute Gasteiger partial charge is 0.377 e. The predicted octanol–water partition coefficient (Wildman–Crippen LogP) is 4.07. The van der Waals surface area contributed by atoms with Crippen molar-refractivity contribution in [2.24, 2.45) is 5.73 Å². The van der Waals surface area contributed by atoms with Gasteiger partial charge in [-0.2, -0.15) is 0 Å².